The first kappa shape index (κ1) is 15.4. The molecule has 5 heteroatoms. The summed E-state index contributed by atoms with van der Waals surface area (Å²) in [5, 5.41) is 3.73. The van der Waals surface area contributed by atoms with Crippen molar-refractivity contribution in [2.75, 3.05) is 5.32 Å². The van der Waals surface area contributed by atoms with E-state index >= 15 is 0 Å². The Morgan fingerprint density at radius 1 is 0.815 bits per heavy atom. The number of nitrogens with zero attached hydrogens (tertiary/aromatic N) is 1. The number of carbonyl (C=O) groups is 1. The third kappa shape index (κ3) is 2.85. The third-order valence-electron chi connectivity index (χ3n) is 4.32. The molecule has 2 heterocycles. The number of furan rings is 1. The van der Waals surface area contributed by atoms with Crippen LogP contribution in [0.4, 0.5) is 5.69 Å². The Bertz CT molecular complexity index is 1240. The molecule has 5 aromatic rings. The minimum atomic E-state index is -0.312. The van der Waals surface area contributed by atoms with E-state index < -0.39 is 0 Å². The van der Waals surface area contributed by atoms with E-state index in [0.717, 1.165) is 16.5 Å². The van der Waals surface area contributed by atoms with Crippen molar-refractivity contribution in [2.24, 2.45) is 0 Å². The summed E-state index contributed by atoms with van der Waals surface area (Å²) in [6.45, 7) is 0. The molecule has 0 aliphatic heterocycles. The second kappa shape index (κ2) is 6.14. The Balaban J connectivity index is 1.43. The predicted molar refractivity (Wildman–Crippen MR) is 104 cm³/mol. The second-order valence-electron chi connectivity index (χ2n) is 6.17. The van der Waals surface area contributed by atoms with Crippen molar-refractivity contribution in [3.63, 3.8) is 0 Å². The summed E-state index contributed by atoms with van der Waals surface area (Å²) in [7, 11) is 0. The molecule has 0 bridgehead atoms. The lowest BCUT2D eigenvalue weighted by Crippen LogP contribution is -2.10. The fourth-order valence-corrected chi connectivity index (χ4v) is 2.99. The van der Waals surface area contributed by atoms with Gasteiger partial charge in [-0.05, 0) is 36.4 Å². The molecule has 1 N–H and O–H groups in total. The molecule has 3 aromatic carbocycles. The van der Waals surface area contributed by atoms with Crippen molar-refractivity contribution in [3.05, 3.63) is 84.6 Å². The SMILES string of the molecule is O=C(Nc1ccc2nc(-c3ccccc3)oc2c1)c1cc2ccccc2o1. The topological polar surface area (TPSA) is 68.3 Å². The molecule has 0 aliphatic rings. The van der Waals surface area contributed by atoms with Crippen LogP contribution in [-0.4, -0.2) is 10.9 Å². The summed E-state index contributed by atoms with van der Waals surface area (Å²) < 4.78 is 11.4. The molecule has 0 atom stereocenters. The van der Waals surface area contributed by atoms with E-state index in [1.54, 1.807) is 18.2 Å². The molecule has 130 valence electrons. The van der Waals surface area contributed by atoms with Crippen molar-refractivity contribution < 1.29 is 13.6 Å². The van der Waals surface area contributed by atoms with Crippen molar-refractivity contribution in [2.45, 2.75) is 0 Å². The van der Waals surface area contributed by atoms with E-state index in [2.05, 4.69) is 10.3 Å². The number of hydrogen-bond donors (Lipinski definition) is 1. The molecule has 0 saturated heterocycles. The quantitative estimate of drug-likeness (QED) is 0.465. The highest BCUT2D eigenvalue weighted by Crippen LogP contribution is 2.27. The van der Waals surface area contributed by atoms with Crippen LogP contribution in [0.2, 0.25) is 0 Å². The number of hydrogen-bond acceptors (Lipinski definition) is 4. The molecule has 1 amide bonds. The summed E-state index contributed by atoms with van der Waals surface area (Å²) in [5.74, 6) is 0.499. The summed E-state index contributed by atoms with van der Waals surface area (Å²) in [4.78, 5) is 17.0. The molecule has 0 unspecified atom stereocenters. The first-order valence-corrected chi connectivity index (χ1v) is 8.52. The van der Waals surface area contributed by atoms with Gasteiger partial charge in [0, 0.05) is 22.7 Å². The van der Waals surface area contributed by atoms with Gasteiger partial charge in [0.25, 0.3) is 5.91 Å². The molecule has 0 aliphatic carbocycles. The van der Waals surface area contributed by atoms with Gasteiger partial charge >= 0.3 is 0 Å². The lowest BCUT2D eigenvalue weighted by molar-refractivity contribution is 0.0998. The highest BCUT2D eigenvalue weighted by molar-refractivity contribution is 6.05. The maximum Gasteiger partial charge on any atom is 0.291 e. The lowest BCUT2D eigenvalue weighted by atomic mass is 10.2. The predicted octanol–water partition coefficient (Wildman–Crippen LogP) is 5.49. The molecule has 0 radical (unpaired) electrons. The Labute approximate surface area is 154 Å². The first-order chi connectivity index (χ1) is 13.3. The van der Waals surface area contributed by atoms with Crippen LogP contribution in [0.15, 0.2) is 87.7 Å². The molecule has 0 spiro atoms. The fraction of sp³-hybridized carbons (Fsp3) is 0. The molecule has 5 rings (SSSR count). The van der Waals surface area contributed by atoms with Gasteiger partial charge in [0.1, 0.15) is 11.1 Å². The van der Waals surface area contributed by atoms with E-state index in [9.17, 15) is 4.79 Å². The lowest BCUT2D eigenvalue weighted by Gasteiger charge is -2.02. The number of amides is 1. The molecule has 0 saturated carbocycles. The van der Waals surface area contributed by atoms with Gasteiger partial charge in [-0.3, -0.25) is 4.79 Å². The van der Waals surface area contributed by atoms with Crippen LogP contribution >= 0.6 is 0 Å². The fourth-order valence-electron chi connectivity index (χ4n) is 2.99. The highest BCUT2D eigenvalue weighted by atomic mass is 16.4. The average Bonchev–Trinajstić information content (AvgIpc) is 3.32. The van der Waals surface area contributed by atoms with Crippen molar-refractivity contribution >= 4 is 33.7 Å². The summed E-state index contributed by atoms with van der Waals surface area (Å²) >= 11 is 0. The highest BCUT2D eigenvalue weighted by Gasteiger charge is 2.14. The summed E-state index contributed by atoms with van der Waals surface area (Å²) in [6.07, 6.45) is 0. The number of para-hydroxylation sites is 1. The number of benzene rings is 3. The van der Waals surface area contributed by atoms with Crippen LogP contribution in [0.1, 0.15) is 10.6 Å². The van der Waals surface area contributed by atoms with Crippen LogP contribution in [0.3, 0.4) is 0 Å². The zero-order valence-corrected chi connectivity index (χ0v) is 14.2. The minimum Gasteiger partial charge on any atom is -0.451 e. The molecular weight excluding hydrogens is 340 g/mol. The maximum absolute atomic E-state index is 12.5. The van der Waals surface area contributed by atoms with Crippen LogP contribution in [0.5, 0.6) is 0 Å². The average molecular weight is 354 g/mol. The van der Waals surface area contributed by atoms with Crippen LogP contribution in [0.25, 0.3) is 33.5 Å². The number of carbonyl (C=O) groups excluding carboxylic acids is 1. The standard InChI is InChI=1S/C22H14N2O3/c25-21(20-12-15-8-4-5-9-18(15)26-20)23-16-10-11-17-19(13-16)27-22(24-17)14-6-2-1-3-7-14/h1-13H,(H,23,25). The van der Waals surface area contributed by atoms with E-state index in [1.165, 1.54) is 0 Å². The summed E-state index contributed by atoms with van der Waals surface area (Å²) in [6, 6.07) is 24.3. The Morgan fingerprint density at radius 3 is 2.48 bits per heavy atom. The van der Waals surface area contributed by atoms with E-state index in [4.69, 9.17) is 8.83 Å². The second-order valence-corrected chi connectivity index (χ2v) is 6.17. The van der Waals surface area contributed by atoms with E-state index in [-0.39, 0.29) is 11.7 Å². The van der Waals surface area contributed by atoms with Gasteiger partial charge in [0.2, 0.25) is 5.89 Å². The van der Waals surface area contributed by atoms with Gasteiger partial charge < -0.3 is 14.2 Å². The number of aromatic nitrogens is 1. The van der Waals surface area contributed by atoms with Crippen LogP contribution < -0.4 is 5.32 Å². The molecule has 2 aromatic heterocycles. The number of oxazole rings is 1. The third-order valence-corrected chi connectivity index (χ3v) is 4.32. The van der Waals surface area contributed by atoms with Gasteiger partial charge in [-0.2, -0.15) is 0 Å². The van der Waals surface area contributed by atoms with Gasteiger partial charge in [0.15, 0.2) is 11.3 Å². The van der Waals surface area contributed by atoms with Crippen LogP contribution in [0, 0.1) is 0 Å². The number of fused-ring (bicyclic) bond motifs is 2. The Morgan fingerprint density at radius 2 is 1.63 bits per heavy atom. The minimum absolute atomic E-state index is 0.263. The van der Waals surface area contributed by atoms with Gasteiger partial charge in [-0.15, -0.1) is 0 Å². The monoisotopic (exact) mass is 354 g/mol. The molecule has 5 nitrogen and oxygen atoms in total. The van der Waals surface area contributed by atoms with Gasteiger partial charge in [-0.25, -0.2) is 4.98 Å². The van der Waals surface area contributed by atoms with E-state index in [1.807, 2.05) is 60.7 Å². The van der Waals surface area contributed by atoms with Gasteiger partial charge in [0.05, 0.1) is 0 Å². The zero-order valence-electron chi connectivity index (χ0n) is 14.2. The number of rotatable bonds is 3. The normalized spacial score (nSPS) is 11.1. The van der Waals surface area contributed by atoms with E-state index in [0.29, 0.717) is 22.7 Å². The molecular formula is C22H14N2O3. The first-order valence-electron chi connectivity index (χ1n) is 8.52. The Kier molecular flexibility index (Phi) is 3.50. The maximum atomic E-state index is 12.5. The van der Waals surface area contributed by atoms with Crippen molar-refractivity contribution in [1.82, 2.24) is 4.98 Å². The number of nitrogens with one attached hydrogen (secondary N) is 1. The van der Waals surface area contributed by atoms with Gasteiger partial charge in [-0.1, -0.05) is 36.4 Å². The molecule has 0 fully saturated rings. The summed E-state index contributed by atoms with van der Waals surface area (Å²) in [5.41, 5.74) is 3.54. The number of anilines is 1. The smallest absolute Gasteiger partial charge is 0.291 e. The molecule has 27 heavy (non-hydrogen) atoms. The zero-order chi connectivity index (χ0) is 18.2. The van der Waals surface area contributed by atoms with Crippen molar-refractivity contribution in [3.8, 4) is 11.5 Å². The Hall–Kier alpha value is -3.86. The largest absolute Gasteiger partial charge is 0.451 e. The van der Waals surface area contributed by atoms with Crippen LogP contribution in [-0.2, 0) is 0 Å². The van der Waals surface area contributed by atoms with Crippen molar-refractivity contribution in [1.29, 1.82) is 0 Å².